The molecule has 0 atom stereocenters. The second kappa shape index (κ2) is 14.9. The lowest BCUT2D eigenvalue weighted by atomic mass is 9.84. The Bertz CT molecular complexity index is 1370. The van der Waals surface area contributed by atoms with Gasteiger partial charge in [0.1, 0.15) is 5.69 Å². The number of nitrogens with one attached hydrogen (secondary N) is 1. The molecule has 9 heteroatoms. The minimum Gasteiger partial charge on any atom is -0.350 e. The molecule has 0 unspecified atom stereocenters. The van der Waals surface area contributed by atoms with E-state index in [1.54, 1.807) is 0 Å². The first-order chi connectivity index (χ1) is 20.0. The van der Waals surface area contributed by atoms with Gasteiger partial charge in [-0.1, -0.05) is 36.4 Å². The third kappa shape index (κ3) is 7.39. The van der Waals surface area contributed by atoms with E-state index in [-0.39, 0.29) is 36.6 Å². The number of aryl methyl sites for hydroxylation is 2. The quantitative estimate of drug-likeness (QED) is 0.376. The van der Waals surface area contributed by atoms with E-state index in [2.05, 4.69) is 65.0 Å². The lowest BCUT2D eigenvalue weighted by Gasteiger charge is -2.36. The van der Waals surface area contributed by atoms with Crippen LogP contribution in [0.5, 0.6) is 0 Å². The van der Waals surface area contributed by atoms with Gasteiger partial charge in [-0.3, -0.25) is 19.4 Å². The highest BCUT2D eigenvalue weighted by atomic mass is 35.5. The van der Waals surface area contributed by atoms with Crippen molar-refractivity contribution in [2.75, 3.05) is 58.9 Å². The molecule has 4 heterocycles. The summed E-state index contributed by atoms with van der Waals surface area (Å²) in [7, 11) is 0. The average molecular weight is 629 g/mol. The Hall–Kier alpha value is -2.58. The van der Waals surface area contributed by atoms with Crippen LogP contribution in [-0.2, 0) is 11.3 Å². The van der Waals surface area contributed by atoms with Crippen LogP contribution >= 0.6 is 24.8 Å². The summed E-state index contributed by atoms with van der Waals surface area (Å²) in [5.41, 5.74) is 7.24. The molecule has 0 bridgehead atoms. The largest absolute Gasteiger partial charge is 0.350 e. The van der Waals surface area contributed by atoms with Crippen LogP contribution in [0.1, 0.15) is 70.8 Å². The molecule has 6 rings (SSSR count). The van der Waals surface area contributed by atoms with Gasteiger partial charge in [-0.25, -0.2) is 0 Å². The number of rotatable bonds is 6. The number of nitrogens with zero attached hydrogens (tertiary/aromatic N) is 4. The van der Waals surface area contributed by atoms with Crippen molar-refractivity contribution in [3.8, 4) is 0 Å². The molecule has 0 spiro atoms. The highest BCUT2D eigenvalue weighted by Crippen LogP contribution is 2.34. The van der Waals surface area contributed by atoms with E-state index in [0.29, 0.717) is 25.6 Å². The Kier molecular flexibility index (Phi) is 11.6. The number of aromatic amines is 1. The number of hydrogen-bond donors (Lipinski definition) is 1. The lowest BCUT2D eigenvalue weighted by Crippen LogP contribution is -2.52. The number of likely N-dealkylation sites (tertiary alicyclic amines) is 2. The fraction of sp³-hybridized carbons (Fsp3) is 0.529. The Morgan fingerprint density at radius 1 is 0.744 bits per heavy atom. The number of piperazine rings is 1. The molecule has 1 N–H and O–H groups in total. The van der Waals surface area contributed by atoms with Crippen LogP contribution in [0.3, 0.4) is 0 Å². The number of aromatic nitrogens is 1. The van der Waals surface area contributed by atoms with Crippen LogP contribution in [0.15, 0.2) is 42.5 Å². The van der Waals surface area contributed by atoms with Gasteiger partial charge in [0.05, 0.1) is 6.54 Å². The molecular weight excluding hydrogens is 581 g/mol. The van der Waals surface area contributed by atoms with Gasteiger partial charge in [0.25, 0.3) is 5.91 Å². The van der Waals surface area contributed by atoms with E-state index in [4.69, 9.17) is 0 Å². The molecule has 3 saturated heterocycles. The van der Waals surface area contributed by atoms with E-state index in [1.807, 2.05) is 15.9 Å². The minimum absolute atomic E-state index is 0. The topological polar surface area (TPSA) is 62.9 Å². The van der Waals surface area contributed by atoms with E-state index in [0.717, 1.165) is 93.7 Å². The lowest BCUT2D eigenvalue weighted by molar-refractivity contribution is -0.133. The summed E-state index contributed by atoms with van der Waals surface area (Å²) >= 11 is 0. The zero-order valence-corrected chi connectivity index (χ0v) is 27.3. The number of para-hydroxylation sites is 1. The highest BCUT2D eigenvalue weighted by molar-refractivity contribution is 6.01. The number of carbonyl (C=O) groups excluding carboxylic acids is 2. The normalized spacial score (nSPS) is 18.7. The molecule has 3 fully saturated rings. The van der Waals surface area contributed by atoms with E-state index in [1.165, 1.54) is 23.1 Å². The van der Waals surface area contributed by atoms with E-state index < -0.39 is 0 Å². The predicted molar refractivity (Wildman–Crippen MR) is 179 cm³/mol. The van der Waals surface area contributed by atoms with E-state index in [9.17, 15) is 9.59 Å². The number of carbonyl (C=O) groups is 2. The maximum atomic E-state index is 13.9. The SMILES string of the molecule is Cc1cccc(C)c1C1CCN(Cc2c(C(=O)N3CCN(CC(=O)N4CCCCC4)CC3)[nH]c3ccccc23)CC1.Cl.Cl. The minimum atomic E-state index is 0. The third-order valence-corrected chi connectivity index (χ3v) is 9.67. The van der Waals surface area contributed by atoms with Gasteiger partial charge < -0.3 is 14.8 Å². The standard InChI is InChI=1S/C34H45N5O2.2ClH/c1-25-9-8-10-26(2)32(25)27-13-17-36(18-14-27)23-29-28-11-4-5-12-30(28)35-33(29)34(41)39-21-19-37(20-22-39)24-31(40)38-15-6-3-7-16-38;;/h4-5,8-12,27,35H,3,6-7,13-24H2,1-2H3;2*1H. The molecule has 2 aromatic carbocycles. The second-order valence-electron chi connectivity index (χ2n) is 12.4. The molecule has 0 aliphatic carbocycles. The predicted octanol–water partition coefficient (Wildman–Crippen LogP) is 5.78. The molecule has 3 aromatic rings. The van der Waals surface area contributed by atoms with Gasteiger partial charge in [0.2, 0.25) is 5.91 Å². The maximum Gasteiger partial charge on any atom is 0.270 e. The summed E-state index contributed by atoms with van der Waals surface area (Å²) in [6.07, 6.45) is 5.76. The molecule has 1 aromatic heterocycles. The molecule has 7 nitrogen and oxygen atoms in total. The molecule has 2 amide bonds. The van der Waals surface area contributed by atoms with Gasteiger partial charge in [0.15, 0.2) is 0 Å². The third-order valence-electron chi connectivity index (χ3n) is 9.67. The molecule has 3 aliphatic rings. The van der Waals surface area contributed by atoms with Crippen molar-refractivity contribution < 1.29 is 9.59 Å². The van der Waals surface area contributed by atoms with Crippen LogP contribution in [0, 0.1) is 13.8 Å². The Morgan fingerprint density at radius 3 is 2.07 bits per heavy atom. The number of halogens is 2. The van der Waals surface area contributed by atoms with Crippen molar-refractivity contribution in [2.45, 2.75) is 58.4 Å². The number of H-pyrrole nitrogens is 1. The van der Waals surface area contributed by atoms with Gasteiger partial charge in [0, 0.05) is 62.3 Å². The summed E-state index contributed by atoms with van der Waals surface area (Å²) in [6, 6.07) is 15.0. The van der Waals surface area contributed by atoms with Gasteiger partial charge in [-0.2, -0.15) is 0 Å². The fourth-order valence-electron chi connectivity index (χ4n) is 7.32. The van der Waals surface area contributed by atoms with E-state index >= 15 is 0 Å². The van der Waals surface area contributed by atoms with Gasteiger partial charge >= 0.3 is 0 Å². The molecular formula is C34H47Cl2N5O2. The number of hydrogen-bond acceptors (Lipinski definition) is 4. The van der Waals surface area contributed by atoms with Crippen molar-refractivity contribution >= 4 is 47.5 Å². The summed E-state index contributed by atoms with van der Waals surface area (Å²) < 4.78 is 0. The van der Waals surface area contributed by atoms with Crippen LogP contribution < -0.4 is 0 Å². The number of fused-ring (bicyclic) bond motifs is 1. The molecule has 43 heavy (non-hydrogen) atoms. The van der Waals surface area contributed by atoms with Crippen LogP contribution in [0.25, 0.3) is 10.9 Å². The van der Waals surface area contributed by atoms with Crippen LogP contribution in [0.2, 0.25) is 0 Å². The first kappa shape index (κ1) is 33.3. The van der Waals surface area contributed by atoms with Crippen LogP contribution in [-0.4, -0.2) is 95.3 Å². The van der Waals surface area contributed by atoms with Crippen molar-refractivity contribution in [3.05, 3.63) is 70.4 Å². The zero-order valence-electron chi connectivity index (χ0n) is 25.6. The zero-order chi connectivity index (χ0) is 28.3. The monoisotopic (exact) mass is 627 g/mol. The summed E-state index contributed by atoms with van der Waals surface area (Å²) in [5.74, 6) is 0.932. The average Bonchev–Trinajstić information content (AvgIpc) is 3.36. The Morgan fingerprint density at radius 2 is 1.40 bits per heavy atom. The molecule has 3 aliphatic heterocycles. The van der Waals surface area contributed by atoms with Crippen molar-refractivity contribution in [2.24, 2.45) is 0 Å². The molecule has 234 valence electrons. The summed E-state index contributed by atoms with van der Waals surface area (Å²) in [4.78, 5) is 38.9. The molecule has 0 radical (unpaired) electrons. The van der Waals surface area contributed by atoms with Crippen molar-refractivity contribution in [3.63, 3.8) is 0 Å². The number of piperidine rings is 2. The summed E-state index contributed by atoms with van der Waals surface area (Å²) in [6.45, 7) is 12.4. The summed E-state index contributed by atoms with van der Waals surface area (Å²) in [5, 5.41) is 1.15. The Labute approximate surface area is 268 Å². The first-order valence-corrected chi connectivity index (χ1v) is 15.7. The van der Waals surface area contributed by atoms with Crippen molar-refractivity contribution in [1.29, 1.82) is 0 Å². The fourth-order valence-corrected chi connectivity index (χ4v) is 7.32. The second-order valence-corrected chi connectivity index (χ2v) is 12.4. The first-order valence-electron chi connectivity index (χ1n) is 15.7. The highest BCUT2D eigenvalue weighted by Gasteiger charge is 2.30. The van der Waals surface area contributed by atoms with Crippen LogP contribution in [0.4, 0.5) is 0 Å². The van der Waals surface area contributed by atoms with Gasteiger partial charge in [-0.05, 0) is 87.7 Å². The van der Waals surface area contributed by atoms with Gasteiger partial charge in [-0.15, -0.1) is 24.8 Å². The maximum absolute atomic E-state index is 13.9. The number of benzene rings is 2. The Balaban J connectivity index is 0.00000212. The van der Waals surface area contributed by atoms with Crippen molar-refractivity contribution in [1.82, 2.24) is 24.6 Å². The molecule has 0 saturated carbocycles. The number of amides is 2. The smallest absolute Gasteiger partial charge is 0.270 e.